The van der Waals surface area contributed by atoms with Gasteiger partial charge in [-0.1, -0.05) is 25.1 Å². The summed E-state index contributed by atoms with van der Waals surface area (Å²) in [5.74, 6) is -2.04. The Morgan fingerprint density at radius 3 is 2.88 bits per heavy atom. The predicted octanol–water partition coefficient (Wildman–Crippen LogP) is 3.23. The molecule has 0 bridgehead atoms. The predicted molar refractivity (Wildman–Crippen MR) is 116 cm³/mol. The van der Waals surface area contributed by atoms with Crippen molar-refractivity contribution in [1.82, 2.24) is 24.6 Å². The number of carboxylic acids is 1. The standard InChI is InChI=1S/C23H22FN5O3/c1-3-14-15(6-7-16(24)20(14)30)12-4-5-13-11-26-29(18(13)10-12)21-19-17(8-9-25-21)27-22(23(31)32)28(19)2/h4-7,10-11,21,25,30H,3,8-9H2,1-2H3,(H,31,32)/t21-/m0/s1. The Labute approximate surface area is 182 Å². The van der Waals surface area contributed by atoms with Crippen molar-refractivity contribution in [3.8, 4) is 16.9 Å². The molecule has 1 atom stereocenters. The van der Waals surface area contributed by atoms with E-state index in [2.05, 4.69) is 15.4 Å². The number of hydrogen-bond acceptors (Lipinski definition) is 5. The molecule has 0 unspecified atom stereocenters. The number of halogens is 1. The number of imidazole rings is 1. The zero-order chi connectivity index (χ0) is 22.6. The highest BCUT2D eigenvalue weighted by Crippen LogP contribution is 2.35. The van der Waals surface area contributed by atoms with Gasteiger partial charge in [-0.3, -0.25) is 5.32 Å². The van der Waals surface area contributed by atoms with E-state index in [1.165, 1.54) is 6.07 Å². The fourth-order valence-corrected chi connectivity index (χ4v) is 4.56. The molecule has 0 saturated heterocycles. The summed E-state index contributed by atoms with van der Waals surface area (Å²) < 4.78 is 17.3. The lowest BCUT2D eigenvalue weighted by molar-refractivity contribution is 0.0679. The lowest BCUT2D eigenvalue weighted by Crippen LogP contribution is -2.36. The van der Waals surface area contributed by atoms with Crippen LogP contribution in [0.1, 0.15) is 40.7 Å². The summed E-state index contributed by atoms with van der Waals surface area (Å²) in [5, 5.41) is 28.6. The summed E-state index contributed by atoms with van der Waals surface area (Å²) in [5.41, 5.74) is 4.47. The van der Waals surface area contributed by atoms with E-state index in [1.807, 2.05) is 29.8 Å². The molecular formula is C23H22FN5O3. The van der Waals surface area contributed by atoms with Crippen molar-refractivity contribution in [3.05, 3.63) is 65.1 Å². The van der Waals surface area contributed by atoms with Crippen molar-refractivity contribution < 1.29 is 19.4 Å². The van der Waals surface area contributed by atoms with Crippen LogP contribution in [0.5, 0.6) is 5.75 Å². The molecule has 4 aromatic rings. The second-order valence-electron chi connectivity index (χ2n) is 7.88. The molecular weight excluding hydrogens is 413 g/mol. The zero-order valence-electron chi connectivity index (χ0n) is 17.6. The average Bonchev–Trinajstić information content (AvgIpc) is 3.36. The Balaban J connectivity index is 1.67. The minimum Gasteiger partial charge on any atom is -0.505 e. The van der Waals surface area contributed by atoms with Gasteiger partial charge in [0, 0.05) is 31.0 Å². The minimum atomic E-state index is -1.07. The number of rotatable bonds is 4. The lowest BCUT2D eigenvalue weighted by atomic mass is 9.96. The third kappa shape index (κ3) is 2.96. The van der Waals surface area contributed by atoms with Gasteiger partial charge in [0.15, 0.2) is 11.6 Å². The molecule has 3 heterocycles. The van der Waals surface area contributed by atoms with E-state index < -0.39 is 11.8 Å². The third-order valence-corrected chi connectivity index (χ3v) is 6.11. The molecule has 0 fully saturated rings. The van der Waals surface area contributed by atoms with Gasteiger partial charge in [0.25, 0.3) is 0 Å². The average molecular weight is 435 g/mol. The van der Waals surface area contributed by atoms with Crippen LogP contribution in [0.2, 0.25) is 0 Å². The molecule has 164 valence electrons. The number of fused-ring (bicyclic) bond motifs is 2. The van der Waals surface area contributed by atoms with E-state index in [9.17, 15) is 19.4 Å². The molecule has 5 rings (SSSR count). The Bertz CT molecular complexity index is 1370. The number of aromatic nitrogens is 4. The Morgan fingerprint density at radius 1 is 1.31 bits per heavy atom. The number of phenols is 1. The number of phenolic OH excluding ortho intramolecular Hbond substituents is 1. The maximum absolute atomic E-state index is 13.9. The van der Waals surface area contributed by atoms with E-state index in [4.69, 9.17) is 0 Å². The summed E-state index contributed by atoms with van der Waals surface area (Å²) in [6.45, 7) is 2.51. The van der Waals surface area contributed by atoms with Crippen molar-refractivity contribution >= 4 is 16.9 Å². The van der Waals surface area contributed by atoms with E-state index in [1.54, 1.807) is 23.9 Å². The van der Waals surface area contributed by atoms with Crippen molar-refractivity contribution in [2.24, 2.45) is 7.05 Å². The maximum atomic E-state index is 13.9. The molecule has 0 aliphatic carbocycles. The van der Waals surface area contributed by atoms with E-state index in [0.29, 0.717) is 24.9 Å². The van der Waals surface area contributed by atoms with Crippen LogP contribution in [-0.4, -0.2) is 42.1 Å². The number of aromatic carboxylic acids is 1. The van der Waals surface area contributed by atoms with Crippen LogP contribution < -0.4 is 5.32 Å². The first kappa shape index (κ1) is 20.2. The van der Waals surface area contributed by atoms with Gasteiger partial charge in [0.05, 0.1) is 23.1 Å². The van der Waals surface area contributed by atoms with Crippen LogP contribution >= 0.6 is 0 Å². The van der Waals surface area contributed by atoms with Crippen molar-refractivity contribution in [2.75, 3.05) is 6.54 Å². The summed E-state index contributed by atoms with van der Waals surface area (Å²) >= 11 is 0. The number of aromatic hydroxyl groups is 1. The van der Waals surface area contributed by atoms with Crippen molar-refractivity contribution in [1.29, 1.82) is 0 Å². The van der Waals surface area contributed by atoms with Crippen molar-refractivity contribution in [2.45, 2.75) is 25.9 Å². The van der Waals surface area contributed by atoms with E-state index in [0.717, 1.165) is 33.4 Å². The SMILES string of the molecule is CCc1c(-c2ccc3cnn([C@@H]4NCCc5nc(C(=O)O)n(C)c54)c3c2)ccc(F)c1O. The Hall–Kier alpha value is -3.72. The zero-order valence-corrected chi connectivity index (χ0v) is 17.6. The maximum Gasteiger partial charge on any atom is 0.372 e. The molecule has 1 aliphatic heterocycles. The van der Waals surface area contributed by atoms with E-state index >= 15 is 0 Å². The largest absolute Gasteiger partial charge is 0.505 e. The smallest absolute Gasteiger partial charge is 0.372 e. The summed E-state index contributed by atoms with van der Waals surface area (Å²) in [4.78, 5) is 15.9. The molecule has 2 aromatic heterocycles. The monoisotopic (exact) mass is 435 g/mol. The third-order valence-electron chi connectivity index (χ3n) is 6.11. The number of carboxylic acid groups (broad SMARTS) is 1. The van der Waals surface area contributed by atoms with Gasteiger partial charge in [-0.25, -0.2) is 18.9 Å². The van der Waals surface area contributed by atoms with Crippen LogP contribution in [0.15, 0.2) is 36.5 Å². The topological polar surface area (TPSA) is 105 Å². The van der Waals surface area contributed by atoms with Crippen LogP contribution in [0.4, 0.5) is 4.39 Å². The van der Waals surface area contributed by atoms with Crippen LogP contribution in [0, 0.1) is 5.82 Å². The molecule has 0 spiro atoms. The first-order valence-electron chi connectivity index (χ1n) is 10.4. The summed E-state index contributed by atoms with van der Waals surface area (Å²) in [6, 6.07) is 8.76. The normalized spacial score (nSPS) is 15.8. The van der Waals surface area contributed by atoms with Gasteiger partial charge < -0.3 is 14.8 Å². The van der Waals surface area contributed by atoms with Gasteiger partial charge in [0.1, 0.15) is 6.17 Å². The van der Waals surface area contributed by atoms with Gasteiger partial charge in [-0.2, -0.15) is 5.10 Å². The highest BCUT2D eigenvalue weighted by atomic mass is 19.1. The molecule has 8 nitrogen and oxygen atoms in total. The van der Waals surface area contributed by atoms with Gasteiger partial charge in [-0.15, -0.1) is 0 Å². The Morgan fingerprint density at radius 2 is 2.12 bits per heavy atom. The number of nitrogens with zero attached hydrogens (tertiary/aromatic N) is 4. The highest BCUT2D eigenvalue weighted by Gasteiger charge is 2.30. The summed E-state index contributed by atoms with van der Waals surface area (Å²) in [7, 11) is 1.70. The molecule has 0 radical (unpaired) electrons. The minimum absolute atomic E-state index is 0.00442. The van der Waals surface area contributed by atoms with E-state index in [-0.39, 0.29) is 17.7 Å². The van der Waals surface area contributed by atoms with Crippen LogP contribution in [-0.2, 0) is 19.9 Å². The number of benzene rings is 2. The quantitative estimate of drug-likeness (QED) is 0.455. The fraction of sp³-hybridized carbons (Fsp3) is 0.261. The van der Waals surface area contributed by atoms with Gasteiger partial charge in [0.2, 0.25) is 5.82 Å². The number of carbonyl (C=O) groups is 1. The molecule has 0 saturated carbocycles. The first-order valence-corrected chi connectivity index (χ1v) is 10.4. The molecule has 9 heteroatoms. The van der Waals surface area contributed by atoms with Gasteiger partial charge in [-0.05, 0) is 29.7 Å². The molecule has 32 heavy (non-hydrogen) atoms. The molecule has 2 aromatic carbocycles. The van der Waals surface area contributed by atoms with Crippen LogP contribution in [0.3, 0.4) is 0 Å². The molecule has 3 N–H and O–H groups in total. The second kappa shape index (κ2) is 7.45. The summed E-state index contributed by atoms with van der Waals surface area (Å²) in [6.07, 6.45) is 2.49. The van der Waals surface area contributed by atoms with Gasteiger partial charge >= 0.3 is 5.97 Å². The second-order valence-corrected chi connectivity index (χ2v) is 7.88. The fourth-order valence-electron chi connectivity index (χ4n) is 4.56. The molecule has 0 amide bonds. The van der Waals surface area contributed by atoms with Crippen molar-refractivity contribution in [3.63, 3.8) is 0 Å². The number of hydrogen-bond donors (Lipinski definition) is 3. The number of nitrogens with one attached hydrogen (secondary N) is 1. The first-order chi connectivity index (χ1) is 15.4. The molecule has 1 aliphatic rings. The lowest BCUT2D eigenvalue weighted by Gasteiger charge is -2.26. The Kier molecular flexibility index (Phi) is 4.70. The van der Waals surface area contributed by atoms with Crippen LogP contribution in [0.25, 0.3) is 22.0 Å². The highest BCUT2D eigenvalue weighted by molar-refractivity contribution is 5.86.